The van der Waals surface area contributed by atoms with Gasteiger partial charge in [0.25, 0.3) is 0 Å². The summed E-state index contributed by atoms with van der Waals surface area (Å²) >= 11 is 7.21. The Balaban J connectivity index is 2.95. The van der Waals surface area contributed by atoms with Gasteiger partial charge in [0.15, 0.2) is 0 Å². The summed E-state index contributed by atoms with van der Waals surface area (Å²) in [6.45, 7) is 2.05. The van der Waals surface area contributed by atoms with E-state index < -0.39 is 0 Å². The summed E-state index contributed by atoms with van der Waals surface area (Å²) in [6, 6.07) is 6.06. The van der Waals surface area contributed by atoms with Crippen LogP contribution in [0.2, 0.25) is 0 Å². The molecule has 12 heavy (non-hydrogen) atoms. The van der Waals surface area contributed by atoms with Gasteiger partial charge in [0.2, 0.25) is 0 Å². The topological polar surface area (TPSA) is 9.23 Å². The highest BCUT2D eigenvalue weighted by atomic mass is 35.5. The number of halogens is 1. The van der Waals surface area contributed by atoms with Crippen LogP contribution in [0.15, 0.2) is 23.1 Å². The van der Waals surface area contributed by atoms with Crippen molar-refractivity contribution in [3.63, 3.8) is 0 Å². The maximum absolute atomic E-state index is 5.62. The van der Waals surface area contributed by atoms with Crippen molar-refractivity contribution >= 4 is 23.4 Å². The lowest BCUT2D eigenvalue weighted by Gasteiger charge is -2.06. The van der Waals surface area contributed by atoms with Crippen molar-refractivity contribution < 1.29 is 4.74 Å². The van der Waals surface area contributed by atoms with Crippen LogP contribution in [0, 0.1) is 6.92 Å². The van der Waals surface area contributed by atoms with Gasteiger partial charge < -0.3 is 4.74 Å². The van der Waals surface area contributed by atoms with E-state index in [1.807, 2.05) is 12.1 Å². The second-order valence-electron chi connectivity index (χ2n) is 2.41. The SMILES string of the molecule is COc1ccc(C)cc1SCCl. The van der Waals surface area contributed by atoms with Gasteiger partial charge in [-0.05, 0) is 24.6 Å². The van der Waals surface area contributed by atoms with Crippen molar-refractivity contribution in [2.24, 2.45) is 0 Å². The maximum Gasteiger partial charge on any atom is 0.132 e. The molecule has 66 valence electrons. The first-order chi connectivity index (χ1) is 5.77. The third kappa shape index (κ3) is 2.32. The lowest BCUT2D eigenvalue weighted by molar-refractivity contribution is 0.404. The summed E-state index contributed by atoms with van der Waals surface area (Å²) in [5.41, 5.74) is 1.23. The molecule has 0 radical (unpaired) electrons. The highest BCUT2D eigenvalue weighted by Gasteiger charge is 2.01. The van der Waals surface area contributed by atoms with Gasteiger partial charge in [-0.25, -0.2) is 0 Å². The molecule has 0 atom stereocenters. The van der Waals surface area contributed by atoms with Crippen LogP contribution >= 0.6 is 23.4 Å². The van der Waals surface area contributed by atoms with Crippen molar-refractivity contribution in [1.82, 2.24) is 0 Å². The Morgan fingerprint density at radius 2 is 2.25 bits per heavy atom. The normalized spacial score (nSPS) is 9.92. The molecule has 1 nitrogen and oxygen atoms in total. The lowest BCUT2D eigenvalue weighted by atomic mass is 10.2. The van der Waals surface area contributed by atoms with E-state index in [4.69, 9.17) is 16.3 Å². The van der Waals surface area contributed by atoms with Gasteiger partial charge in [-0.1, -0.05) is 6.07 Å². The zero-order valence-corrected chi connectivity index (χ0v) is 8.71. The van der Waals surface area contributed by atoms with Crippen LogP contribution in [0.1, 0.15) is 5.56 Å². The molecule has 0 saturated heterocycles. The predicted octanol–water partition coefficient (Wildman–Crippen LogP) is 3.29. The third-order valence-electron chi connectivity index (χ3n) is 1.53. The Labute approximate surface area is 82.1 Å². The van der Waals surface area contributed by atoms with Gasteiger partial charge in [0.05, 0.1) is 17.2 Å². The Kier molecular flexibility index (Phi) is 3.76. The summed E-state index contributed by atoms with van der Waals surface area (Å²) < 4.78 is 5.17. The minimum Gasteiger partial charge on any atom is -0.496 e. The molecule has 0 spiro atoms. The van der Waals surface area contributed by atoms with Crippen LogP contribution in [0.4, 0.5) is 0 Å². The van der Waals surface area contributed by atoms with Gasteiger partial charge >= 0.3 is 0 Å². The molecule has 0 aliphatic rings. The summed E-state index contributed by atoms with van der Waals surface area (Å²) in [5, 5.41) is 0.555. The van der Waals surface area contributed by atoms with E-state index in [1.165, 1.54) is 5.56 Å². The van der Waals surface area contributed by atoms with Crippen LogP contribution in [-0.4, -0.2) is 12.3 Å². The number of alkyl halides is 1. The first-order valence-electron chi connectivity index (χ1n) is 3.61. The first kappa shape index (κ1) is 9.75. The quantitative estimate of drug-likeness (QED) is 0.550. The first-order valence-corrected chi connectivity index (χ1v) is 5.13. The average molecular weight is 203 g/mol. The molecule has 0 bridgehead atoms. The second-order valence-corrected chi connectivity index (χ2v) is 4.01. The third-order valence-corrected chi connectivity index (χ3v) is 2.60. The number of hydrogen-bond donors (Lipinski definition) is 0. The molecule has 0 amide bonds. The molecule has 0 unspecified atom stereocenters. The monoisotopic (exact) mass is 202 g/mol. The van der Waals surface area contributed by atoms with Gasteiger partial charge in [-0.2, -0.15) is 0 Å². The number of aryl methyl sites for hydroxylation is 1. The molecule has 0 aliphatic carbocycles. The Morgan fingerprint density at radius 3 is 2.83 bits per heavy atom. The van der Waals surface area contributed by atoms with E-state index in [1.54, 1.807) is 18.9 Å². The molecule has 0 N–H and O–H groups in total. The molecule has 1 aromatic carbocycles. The molecule has 0 aromatic heterocycles. The molecule has 1 aromatic rings. The van der Waals surface area contributed by atoms with E-state index in [2.05, 4.69) is 13.0 Å². The number of ether oxygens (including phenoxy) is 1. The zero-order chi connectivity index (χ0) is 8.97. The Bertz CT molecular complexity index is 263. The van der Waals surface area contributed by atoms with E-state index >= 15 is 0 Å². The van der Waals surface area contributed by atoms with Crippen LogP contribution < -0.4 is 4.74 Å². The summed E-state index contributed by atoms with van der Waals surface area (Å²) in [7, 11) is 1.67. The van der Waals surface area contributed by atoms with Crippen molar-refractivity contribution in [2.75, 3.05) is 12.3 Å². The minimum absolute atomic E-state index is 0.555. The van der Waals surface area contributed by atoms with Gasteiger partial charge in [-0.3, -0.25) is 0 Å². The number of methoxy groups -OCH3 is 1. The van der Waals surface area contributed by atoms with Crippen molar-refractivity contribution in [2.45, 2.75) is 11.8 Å². The molecule has 3 heteroatoms. The summed E-state index contributed by atoms with van der Waals surface area (Å²) in [4.78, 5) is 1.10. The standard InChI is InChI=1S/C9H11ClOS/c1-7-3-4-8(11-2)9(5-7)12-6-10/h3-5H,6H2,1-2H3. The molecular formula is C9H11ClOS. The van der Waals surface area contributed by atoms with Crippen LogP contribution in [-0.2, 0) is 0 Å². The highest BCUT2D eigenvalue weighted by Crippen LogP contribution is 2.30. The van der Waals surface area contributed by atoms with Crippen LogP contribution in [0.5, 0.6) is 5.75 Å². The van der Waals surface area contributed by atoms with Gasteiger partial charge in [0.1, 0.15) is 5.75 Å². The van der Waals surface area contributed by atoms with Crippen LogP contribution in [0.25, 0.3) is 0 Å². The summed E-state index contributed by atoms with van der Waals surface area (Å²) in [6.07, 6.45) is 0. The zero-order valence-electron chi connectivity index (χ0n) is 7.13. The van der Waals surface area contributed by atoms with Crippen molar-refractivity contribution in [3.8, 4) is 5.75 Å². The largest absolute Gasteiger partial charge is 0.496 e. The fraction of sp³-hybridized carbons (Fsp3) is 0.333. The van der Waals surface area contributed by atoms with E-state index in [9.17, 15) is 0 Å². The molecule has 0 fully saturated rings. The molecule has 0 saturated carbocycles. The fourth-order valence-corrected chi connectivity index (χ4v) is 1.99. The average Bonchev–Trinajstić information content (AvgIpc) is 2.05. The number of thioether (sulfide) groups is 1. The predicted molar refractivity (Wildman–Crippen MR) is 54.3 cm³/mol. The Hall–Kier alpha value is -0.340. The van der Waals surface area contributed by atoms with Gasteiger partial charge in [0, 0.05) is 0 Å². The van der Waals surface area contributed by atoms with Crippen molar-refractivity contribution in [3.05, 3.63) is 23.8 Å². The molecule has 1 rings (SSSR count). The minimum atomic E-state index is 0.555. The maximum atomic E-state index is 5.62. The lowest BCUT2D eigenvalue weighted by Crippen LogP contribution is -1.86. The number of rotatable bonds is 3. The molecule has 0 aliphatic heterocycles. The van der Waals surface area contributed by atoms with E-state index in [-0.39, 0.29) is 0 Å². The van der Waals surface area contributed by atoms with E-state index in [0.29, 0.717) is 5.21 Å². The Morgan fingerprint density at radius 1 is 1.50 bits per heavy atom. The second kappa shape index (κ2) is 4.63. The number of hydrogen-bond acceptors (Lipinski definition) is 2. The summed E-state index contributed by atoms with van der Waals surface area (Å²) in [5.74, 6) is 0.895. The van der Waals surface area contributed by atoms with Crippen molar-refractivity contribution in [1.29, 1.82) is 0 Å². The molecule has 0 heterocycles. The smallest absolute Gasteiger partial charge is 0.132 e. The number of benzene rings is 1. The fourth-order valence-electron chi connectivity index (χ4n) is 0.955. The molecular weight excluding hydrogens is 192 g/mol. The highest BCUT2D eigenvalue weighted by molar-refractivity contribution is 8.00. The van der Waals surface area contributed by atoms with Crippen LogP contribution in [0.3, 0.4) is 0 Å². The van der Waals surface area contributed by atoms with Gasteiger partial charge in [-0.15, -0.1) is 23.4 Å². The van der Waals surface area contributed by atoms with E-state index in [0.717, 1.165) is 10.6 Å².